The number of carboxylic acid groups (broad SMARTS) is 1. The third-order valence-corrected chi connectivity index (χ3v) is 3.98. The second kappa shape index (κ2) is 4.83. The number of hydrogen-bond acceptors (Lipinski definition) is 4. The number of amides is 1. The van der Waals surface area contributed by atoms with E-state index >= 15 is 0 Å². The number of carbonyl (C=O) groups excluding carboxylic acids is 1. The smallest absolute Gasteiger partial charge is 0.338 e. The summed E-state index contributed by atoms with van der Waals surface area (Å²) in [7, 11) is 1.72. The van der Waals surface area contributed by atoms with E-state index in [0.717, 1.165) is 24.2 Å². The van der Waals surface area contributed by atoms with Gasteiger partial charge in [-0.15, -0.1) is 0 Å². The average Bonchev–Trinajstić information content (AvgIpc) is 2.97. The molecular formula is C11H13NO4S. The monoisotopic (exact) mass is 255 g/mol. The summed E-state index contributed by atoms with van der Waals surface area (Å²) in [6.45, 7) is 0. The summed E-state index contributed by atoms with van der Waals surface area (Å²) >= 11 is 1.81. The van der Waals surface area contributed by atoms with Gasteiger partial charge in [0.1, 0.15) is 6.26 Å². The van der Waals surface area contributed by atoms with Crippen molar-refractivity contribution in [3.63, 3.8) is 0 Å². The van der Waals surface area contributed by atoms with Gasteiger partial charge in [-0.3, -0.25) is 4.79 Å². The van der Waals surface area contributed by atoms with Gasteiger partial charge in [-0.25, -0.2) is 4.79 Å². The first-order valence-corrected chi connectivity index (χ1v) is 6.42. The van der Waals surface area contributed by atoms with Crippen LogP contribution < -0.4 is 0 Å². The van der Waals surface area contributed by atoms with Crippen molar-refractivity contribution in [2.45, 2.75) is 12.5 Å². The van der Waals surface area contributed by atoms with E-state index in [2.05, 4.69) is 0 Å². The molecule has 1 fully saturated rings. The first kappa shape index (κ1) is 12.0. The van der Waals surface area contributed by atoms with Crippen LogP contribution in [0.4, 0.5) is 0 Å². The quantitative estimate of drug-likeness (QED) is 0.887. The Labute approximate surface area is 103 Å². The Balaban J connectivity index is 2.09. The van der Waals surface area contributed by atoms with Crippen LogP contribution >= 0.6 is 11.8 Å². The van der Waals surface area contributed by atoms with Crippen molar-refractivity contribution in [1.82, 2.24) is 4.90 Å². The first-order valence-electron chi connectivity index (χ1n) is 5.26. The molecular weight excluding hydrogens is 242 g/mol. The van der Waals surface area contributed by atoms with Crippen LogP contribution in [0, 0.1) is 0 Å². The summed E-state index contributed by atoms with van der Waals surface area (Å²) in [5.41, 5.74) is 0.00236. The highest BCUT2D eigenvalue weighted by molar-refractivity contribution is 7.99. The van der Waals surface area contributed by atoms with Gasteiger partial charge in [0.2, 0.25) is 0 Å². The van der Waals surface area contributed by atoms with Crippen LogP contribution in [0.3, 0.4) is 0 Å². The Morgan fingerprint density at radius 2 is 2.35 bits per heavy atom. The molecule has 1 amide bonds. The molecule has 0 aromatic carbocycles. The molecule has 1 atom stereocenters. The Morgan fingerprint density at radius 1 is 1.59 bits per heavy atom. The largest absolute Gasteiger partial charge is 0.478 e. The van der Waals surface area contributed by atoms with Crippen molar-refractivity contribution in [3.8, 4) is 0 Å². The number of furan rings is 1. The Kier molecular flexibility index (Phi) is 3.42. The SMILES string of the molecule is CN(C(=O)c1cc(C(=O)O)co1)C1CCSC1. The number of carbonyl (C=O) groups is 2. The molecule has 1 saturated heterocycles. The van der Waals surface area contributed by atoms with Crippen LogP contribution in [0.2, 0.25) is 0 Å². The molecule has 1 aliphatic heterocycles. The van der Waals surface area contributed by atoms with Gasteiger partial charge in [0.15, 0.2) is 5.76 Å². The molecule has 1 N–H and O–H groups in total. The molecule has 0 bridgehead atoms. The molecule has 0 aliphatic carbocycles. The lowest BCUT2D eigenvalue weighted by Gasteiger charge is -2.22. The van der Waals surface area contributed by atoms with Gasteiger partial charge in [-0.1, -0.05) is 0 Å². The molecule has 92 valence electrons. The summed E-state index contributed by atoms with van der Waals surface area (Å²) < 4.78 is 4.99. The number of nitrogens with zero attached hydrogens (tertiary/aromatic N) is 1. The predicted molar refractivity (Wildman–Crippen MR) is 63.5 cm³/mol. The van der Waals surface area contributed by atoms with E-state index in [4.69, 9.17) is 9.52 Å². The molecule has 5 nitrogen and oxygen atoms in total. The standard InChI is InChI=1S/C11H13NO4S/c1-12(8-2-3-17-6-8)10(13)9-4-7(5-16-9)11(14)15/h4-5,8H,2-3,6H2,1H3,(H,14,15). The van der Waals surface area contributed by atoms with E-state index in [1.807, 2.05) is 11.8 Å². The van der Waals surface area contributed by atoms with Crippen LogP contribution in [0.1, 0.15) is 27.3 Å². The molecule has 6 heteroatoms. The van der Waals surface area contributed by atoms with Crippen LogP contribution in [0.25, 0.3) is 0 Å². The highest BCUT2D eigenvalue weighted by atomic mass is 32.2. The van der Waals surface area contributed by atoms with E-state index in [1.165, 1.54) is 6.07 Å². The molecule has 0 radical (unpaired) electrons. The first-order chi connectivity index (χ1) is 8.09. The zero-order chi connectivity index (χ0) is 12.4. The van der Waals surface area contributed by atoms with Crippen LogP contribution in [-0.2, 0) is 0 Å². The lowest BCUT2D eigenvalue weighted by molar-refractivity contribution is 0.0692. The van der Waals surface area contributed by atoms with Crippen molar-refractivity contribution in [3.05, 3.63) is 23.7 Å². The van der Waals surface area contributed by atoms with E-state index in [-0.39, 0.29) is 23.3 Å². The minimum Gasteiger partial charge on any atom is -0.478 e. The van der Waals surface area contributed by atoms with Gasteiger partial charge in [0, 0.05) is 24.9 Å². The number of rotatable bonds is 3. The molecule has 2 rings (SSSR count). The maximum Gasteiger partial charge on any atom is 0.338 e. The Morgan fingerprint density at radius 3 is 2.88 bits per heavy atom. The molecule has 17 heavy (non-hydrogen) atoms. The summed E-state index contributed by atoms with van der Waals surface area (Å²) in [6.07, 6.45) is 2.06. The maximum atomic E-state index is 12.0. The minimum absolute atomic E-state index is 0.00236. The van der Waals surface area contributed by atoms with Crippen molar-refractivity contribution in [2.24, 2.45) is 0 Å². The second-order valence-corrected chi connectivity index (χ2v) is 5.09. The van der Waals surface area contributed by atoms with Crippen molar-refractivity contribution < 1.29 is 19.1 Å². The zero-order valence-electron chi connectivity index (χ0n) is 9.38. The van der Waals surface area contributed by atoms with Crippen molar-refractivity contribution in [1.29, 1.82) is 0 Å². The number of aromatic carboxylic acids is 1. The van der Waals surface area contributed by atoms with Gasteiger partial charge < -0.3 is 14.4 Å². The van der Waals surface area contributed by atoms with Gasteiger partial charge in [-0.2, -0.15) is 11.8 Å². The fourth-order valence-corrected chi connectivity index (χ4v) is 3.00. The summed E-state index contributed by atoms with van der Waals surface area (Å²) in [5.74, 6) is 0.717. The molecule has 0 saturated carbocycles. The average molecular weight is 255 g/mol. The lowest BCUT2D eigenvalue weighted by atomic mass is 10.2. The molecule has 1 unspecified atom stereocenters. The Bertz CT molecular complexity index is 436. The minimum atomic E-state index is -1.09. The van der Waals surface area contributed by atoms with Gasteiger partial charge >= 0.3 is 5.97 Å². The van der Waals surface area contributed by atoms with E-state index in [0.29, 0.717) is 0 Å². The highest BCUT2D eigenvalue weighted by Crippen LogP contribution is 2.23. The van der Waals surface area contributed by atoms with Crippen molar-refractivity contribution in [2.75, 3.05) is 18.6 Å². The highest BCUT2D eigenvalue weighted by Gasteiger charge is 2.26. The number of thioether (sulfide) groups is 1. The van der Waals surface area contributed by atoms with Gasteiger partial charge in [-0.05, 0) is 12.2 Å². The maximum absolute atomic E-state index is 12.0. The Hall–Kier alpha value is -1.43. The summed E-state index contributed by atoms with van der Waals surface area (Å²) in [5, 5.41) is 8.74. The lowest BCUT2D eigenvalue weighted by Crippen LogP contribution is -2.36. The zero-order valence-corrected chi connectivity index (χ0v) is 10.2. The number of carboxylic acids is 1. The fraction of sp³-hybridized carbons (Fsp3) is 0.455. The van der Waals surface area contributed by atoms with Crippen LogP contribution in [0.15, 0.2) is 16.7 Å². The third kappa shape index (κ3) is 2.46. The third-order valence-electron chi connectivity index (χ3n) is 2.83. The molecule has 1 aliphatic rings. The van der Waals surface area contributed by atoms with Crippen molar-refractivity contribution >= 4 is 23.6 Å². The molecule has 0 spiro atoms. The van der Waals surface area contributed by atoms with Gasteiger partial charge in [0.05, 0.1) is 5.56 Å². The second-order valence-electron chi connectivity index (χ2n) is 3.94. The van der Waals surface area contributed by atoms with Crippen LogP contribution in [-0.4, -0.2) is 46.5 Å². The number of hydrogen-bond donors (Lipinski definition) is 1. The van der Waals surface area contributed by atoms with E-state index in [9.17, 15) is 9.59 Å². The topological polar surface area (TPSA) is 70.8 Å². The van der Waals surface area contributed by atoms with Gasteiger partial charge in [0.25, 0.3) is 5.91 Å². The fourth-order valence-electron chi connectivity index (χ4n) is 1.73. The summed E-state index contributed by atoms with van der Waals surface area (Å²) in [6, 6.07) is 1.48. The normalized spacial score (nSPS) is 19.2. The molecule has 1 aromatic heterocycles. The predicted octanol–water partition coefficient (Wildman–Crippen LogP) is 1.56. The molecule has 2 heterocycles. The van der Waals surface area contributed by atoms with Crippen LogP contribution in [0.5, 0.6) is 0 Å². The summed E-state index contributed by atoms with van der Waals surface area (Å²) in [4.78, 5) is 24.3. The van der Waals surface area contributed by atoms with E-state index < -0.39 is 5.97 Å². The van der Waals surface area contributed by atoms with E-state index in [1.54, 1.807) is 11.9 Å². The molecule has 1 aromatic rings.